The van der Waals surface area contributed by atoms with Crippen LogP contribution in [0.1, 0.15) is 6.42 Å². The molecule has 0 saturated heterocycles. The average molecular weight is 121 g/mol. The van der Waals surface area contributed by atoms with Crippen molar-refractivity contribution in [3.05, 3.63) is 36.1 Å². The lowest BCUT2D eigenvalue weighted by atomic mass is 10.1. The van der Waals surface area contributed by atoms with E-state index in [4.69, 9.17) is 11.3 Å². The largest absolute Gasteiger partial charge is 0.480 e. The van der Waals surface area contributed by atoms with E-state index in [-0.39, 0.29) is 0 Å². The number of ether oxygens (including phenoxy) is 1. The lowest BCUT2D eigenvalue weighted by molar-refractivity contribution is 0.305. The van der Waals surface area contributed by atoms with Crippen LogP contribution in [0, 0.1) is 6.58 Å². The van der Waals surface area contributed by atoms with Crippen molar-refractivity contribution in [2.75, 3.05) is 7.11 Å². The van der Waals surface area contributed by atoms with Gasteiger partial charge in [0.05, 0.1) is 13.7 Å². The van der Waals surface area contributed by atoms with Crippen molar-refractivity contribution < 1.29 is 4.74 Å². The molecule has 1 rings (SSSR count). The topological polar surface area (TPSA) is 9.23 Å². The second-order valence-corrected chi connectivity index (χ2v) is 1.93. The van der Waals surface area contributed by atoms with Crippen LogP contribution in [0.25, 0.3) is 0 Å². The second-order valence-electron chi connectivity index (χ2n) is 1.93. The van der Waals surface area contributed by atoms with Crippen molar-refractivity contribution in [2.24, 2.45) is 0 Å². The molecule has 0 amide bonds. The zero-order valence-electron chi connectivity index (χ0n) is 5.42. The standard InChI is InChI=1S/C8H9O/c1-7-4-3-5-8(6-7)9-2/h1,3,5-6H,4H2,2H3/q+1. The minimum Gasteiger partial charge on any atom is -0.480 e. The lowest BCUT2D eigenvalue weighted by Crippen LogP contribution is -1.88. The minimum absolute atomic E-state index is 0.832. The Balaban J connectivity index is 2.70. The SMILES string of the molecule is [CH+]=C1C=C(OC)C=CC1. The Bertz CT molecular complexity index is 175. The van der Waals surface area contributed by atoms with Crippen LogP contribution in [0.5, 0.6) is 0 Å². The molecular formula is C8H9O+. The molecule has 0 saturated carbocycles. The van der Waals surface area contributed by atoms with Gasteiger partial charge in [-0.1, -0.05) is 6.08 Å². The van der Waals surface area contributed by atoms with Gasteiger partial charge in [-0.2, -0.15) is 0 Å². The summed E-state index contributed by atoms with van der Waals surface area (Å²) in [5.74, 6) is 0.832. The molecule has 0 aromatic carbocycles. The van der Waals surface area contributed by atoms with E-state index in [0.29, 0.717) is 0 Å². The van der Waals surface area contributed by atoms with Crippen LogP contribution < -0.4 is 0 Å². The number of hydrogen-bond acceptors (Lipinski definition) is 1. The molecule has 0 unspecified atom stereocenters. The summed E-state index contributed by atoms with van der Waals surface area (Å²) >= 11 is 0. The summed E-state index contributed by atoms with van der Waals surface area (Å²) in [4.78, 5) is 0. The van der Waals surface area contributed by atoms with Gasteiger partial charge < -0.3 is 4.74 Å². The fourth-order valence-electron chi connectivity index (χ4n) is 0.728. The van der Waals surface area contributed by atoms with Gasteiger partial charge in [-0.25, -0.2) is 0 Å². The van der Waals surface area contributed by atoms with E-state index in [9.17, 15) is 0 Å². The van der Waals surface area contributed by atoms with Gasteiger partial charge in [-0.15, -0.1) is 0 Å². The maximum atomic E-state index is 5.51. The van der Waals surface area contributed by atoms with E-state index in [1.54, 1.807) is 7.11 Å². The summed E-state index contributed by atoms with van der Waals surface area (Å²) in [7, 11) is 1.63. The van der Waals surface area contributed by atoms with Crippen molar-refractivity contribution in [2.45, 2.75) is 6.42 Å². The van der Waals surface area contributed by atoms with Crippen LogP contribution >= 0.6 is 0 Å². The van der Waals surface area contributed by atoms with Gasteiger partial charge in [0.1, 0.15) is 6.08 Å². The molecule has 1 aliphatic carbocycles. The first-order chi connectivity index (χ1) is 4.33. The molecular weight excluding hydrogens is 112 g/mol. The normalized spacial score (nSPS) is 17.3. The van der Waals surface area contributed by atoms with Crippen molar-refractivity contribution in [3.8, 4) is 0 Å². The average Bonchev–Trinajstić information content (AvgIpc) is 1.88. The highest BCUT2D eigenvalue weighted by Gasteiger charge is 2.06. The highest BCUT2D eigenvalue weighted by molar-refractivity contribution is 5.30. The van der Waals surface area contributed by atoms with E-state index in [1.807, 2.05) is 18.2 Å². The minimum atomic E-state index is 0.832. The maximum absolute atomic E-state index is 5.51. The zero-order chi connectivity index (χ0) is 6.69. The van der Waals surface area contributed by atoms with Crippen LogP contribution in [0.2, 0.25) is 0 Å². The van der Waals surface area contributed by atoms with E-state index in [0.717, 1.165) is 17.8 Å². The second kappa shape index (κ2) is 2.47. The Morgan fingerprint density at radius 1 is 1.67 bits per heavy atom. The molecule has 0 aromatic heterocycles. The molecule has 0 aliphatic heterocycles. The smallest absolute Gasteiger partial charge is 0.204 e. The third kappa shape index (κ3) is 1.41. The van der Waals surface area contributed by atoms with Gasteiger partial charge in [0.15, 0.2) is 5.57 Å². The van der Waals surface area contributed by atoms with Crippen molar-refractivity contribution in [1.82, 2.24) is 0 Å². The quantitative estimate of drug-likeness (QED) is 0.481. The number of allylic oxidation sites excluding steroid dienone is 4. The van der Waals surface area contributed by atoms with E-state index in [1.165, 1.54) is 0 Å². The van der Waals surface area contributed by atoms with Gasteiger partial charge in [0.2, 0.25) is 5.76 Å². The molecule has 0 aromatic rings. The molecule has 46 valence electrons. The summed E-state index contributed by atoms with van der Waals surface area (Å²) < 4.78 is 4.94. The highest BCUT2D eigenvalue weighted by atomic mass is 16.5. The molecule has 1 aliphatic rings. The first kappa shape index (κ1) is 6.06. The molecule has 0 spiro atoms. The third-order valence-corrected chi connectivity index (χ3v) is 1.20. The van der Waals surface area contributed by atoms with Gasteiger partial charge in [0.25, 0.3) is 0 Å². The predicted molar refractivity (Wildman–Crippen MR) is 36.7 cm³/mol. The fourth-order valence-corrected chi connectivity index (χ4v) is 0.728. The summed E-state index contributed by atoms with van der Waals surface area (Å²) in [5, 5.41) is 0. The van der Waals surface area contributed by atoms with Crippen LogP contribution in [0.4, 0.5) is 0 Å². The Morgan fingerprint density at radius 2 is 2.44 bits per heavy atom. The molecule has 1 heteroatoms. The zero-order valence-corrected chi connectivity index (χ0v) is 5.42. The third-order valence-electron chi connectivity index (χ3n) is 1.20. The molecule has 0 radical (unpaired) electrons. The molecule has 9 heavy (non-hydrogen) atoms. The van der Waals surface area contributed by atoms with Crippen molar-refractivity contribution in [1.29, 1.82) is 0 Å². The molecule has 0 atom stereocenters. The van der Waals surface area contributed by atoms with E-state index < -0.39 is 0 Å². The molecule has 0 N–H and O–H groups in total. The molecule has 0 fully saturated rings. The lowest BCUT2D eigenvalue weighted by Gasteiger charge is -1.98. The number of rotatable bonds is 1. The van der Waals surface area contributed by atoms with E-state index in [2.05, 4.69) is 0 Å². The highest BCUT2D eigenvalue weighted by Crippen LogP contribution is 2.13. The first-order valence-electron chi connectivity index (χ1n) is 2.86. The molecule has 1 nitrogen and oxygen atoms in total. The monoisotopic (exact) mass is 121 g/mol. The Kier molecular flexibility index (Phi) is 1.66. The van der Waals surface area contributed by atoms with Gasteiger partial charge >= 0.3 is 0 Å². The Morgan fingerprint density at radius 3 is 2.89 bits per heavy atom. The summed E-state index contributed by atoms with van der Waals surface area (Å²) in [6.07, 6.45) is 6.57. The fraction of sp³-hybridized carbons (Fsp3) is 0.250. The Labute approximate surface area is 55.3 Å². The van der Waals surface area contributed by atoms with Crippen LogP contribution in [-0.4, -0.2) is 7.11 Å². The first-order valence-corrected chi connectivity index (χ1v) is 2.86. The van der Waals surface area contributed by atoms with Gasteiger partial charge in [-0.3, -0.25) is 0 Å². The van der Waals surface area contributed by atoms with Crippen LogP contribution in [0.15, 0.2) is 29.6 Å². The van der Waals surface area contributed by atoms with E-state index >= 15 is 0 Å². The number of hydrogen-bond donors (Lipinski definition) is 0. The number of methoxy groups -OCH3 is 1. The Hall–Kier alpha value is -1.07. The predicted octanol–water partition coefficient (Wildman–Crippen LogP) is 1.84. The molecule has 0 heterocycles. The van der Waals surface area contributed by atoms with Crippen LogP contribution in [-0.2, 0) is 4.74 Å². The van der Waals surface area contributed by atoms with Crippen molar-refractivity contribution in [3.63, 3.8) is 0 Å². The van der Waals surface area contributed by atoms with Crippen LogP contribution in [0.3, 0.4) is 0 Å². The molecule has 0 bridgehead atoms. The van der Waals surface area contributed by atoms with Gasteiger partial charge in [-0.05, 0) is 6.08 Å². The summed E-state index contributed by atoms with van der Waals surface area (Å²) in [5.41, 5.74) is 0.856. The summed E-state index contributed by atoms with van der Waals surface area (Å²) in [6.45, 7) is 5.51. The maximum Gasteiger partial charge on any atom is 0.204 e. The van der Waals surface area contributed by atoms with Gasteiger partial charge in [0, 0.05) is 6.42 Å². The van der Waals surface area contributed by atoms with Crippen molar-refractivity contribution >= 4 is 0 Å². The summed E-state index contributed by atoms with van der Waals surface area (Å²) in [6, 6.07) is 0.